The molecule has 2 N–H and O–H groups in total. The van der Waals surface area contributed by atoms with Crippen molar-refractivity contribution in [3.8, 4) is 0 Å². The molecule has 0 bridgehead atoms. The zero-order chi connectivity index (χ0) is 15.0. The molecule has 21 heavy (non-hydrogen) atoms. The number of methoxy groups -OCH3 is 1. The highest BCUT2D eigenvalue weighted by molar-refractivity contribution is 6.03. The Morgan fingerprint density at radius 3 is 2.90 bits per heavy atom. The SMILES string of the molecule is COC(=O)C1=C(C)NC2=C(C(=O)CCC2)C1c1cn[nH]c1. The lowest BCUT2D eigenvalue weighted by atomic mass is 9.76. The lowest BCUT2D eigenvalue weighted by molar-refractivity contribution is -0.136. The summed E-state index contributed by atoms with van der Waals surface area (Å²) >= 11 is 0. The Morgan fingerprint density at radius 1 is 1.43 bits per heavy atom. The predicted molar refractivity (Wildman–Crippen MR) is 75.1 cm³/mol. The van der Waals surface area contributed by atoms with Crippen LogP contribution in [0.25, 0.3) is 0 Å². The van der Waals surface area contributed by atoms with Crippen LogP contribution in [0, 0.1) is 0 Å². The predicted octanol–water partition coefficient (Wildman–Crippen LogP) is 1.55. The van der Waals surface area contributed by atoms with Crippen molar-refractivity contribution in [3.63, 3.8) is 0 Å². The van der Waals surface area contributed by atoms with Crippen molar-refractivity contribution in [1.29, 1.82) is 0 Å². The van der Waals surface area contributed by atoms with E-state index in [1.165, 1.54) is 7.11 Å². The average molecular weight is 287 g/mol. The molecule has 110 valence electrons. The second-order valence-corrected chi connectivity index (χ2v) is 5.29. The van der Waals surface area contributed by atoms with Gasteiger partial charge in [-0.25, -0.2) is 4.79 Å². The number of ether oxygens (including phenoxy) is 1. The van der Waals surface area contributed by atoms with Gasteiger partial charge in [0, 0.05) is 35.1 Å². The Morgan fingerprint density at radius 2 is 2.24 bits per heavy atom. The van der Waals surface area contributed by atoms with Gasteiger partial charge in [0.1, 0.15) is 0 Å². The molecule has 0 saturated carbocycles. The van der Waals surface area contributed by atoms with E-state index < -0.39 is 11.9 Å². The standard InChI is InChI=1S/C15H17N3O3/c1-8-12(15(20)21-2)13(9-6-16-17-7-9)14-10(18-8)4-3-5-11(14)19/h6-7,13,18H,3-5H2,1-2H3,(H,16,17). The molecular weight excluding hydrogens is 270 g/mol. The first-order valence-electron chi connectivity index (χ1n) is 6.94. The molecule has 6 heteroatoms. The number of aromatic nitrogens is 2. The molecule has 0 saturated heterocycles. The number of aromatic amines is 1. The molecule has 3 rings (SSSR count). The van der Waals surface area contributed by atoms with Crippen LogP contribution in [0.5, 0.6) is 0 Å². The van der Waals surface area contributed by atoms with Gasteiger partial charge in [-0.15, -0.1) is 0 Å². The van der Waals surface area contributed by atoms with E-state index in [1.54, 1.807) is 12.4 Å². The molecule has 1 aromatic rings. The van der Waals surface area contributed by atoms with Gasteiger partial charge in [0.15, 0.2) is 5.78 Å². The number of carbonyl (C=O) groups is 2. The van der Waals surface area contributed by atoms with Crippen LogP contribution in [0.4, 0.5) is 0 Å². The van der Waals surface area contributed by atoms with Crippen molar-refractivity contribution in [3.05, 3.63) is 40.5 Å². The Hall–Kier alpha value is -2.37. The van der Waals surface area contributed by atoms with Gasteiger partial charge in [-0.05, 0) is 19.8 Å². The highest BCUT2D eigenvalue weighted by atomic mass is 16.5. The molecule has 2 heterocycles. The van der Waals surface area contributed by atoms with E-state index in [9.17, 15) is 9.59 Å². The third-order valence-corrected chi connectivity index (χ3v) is 4.03. The lowest BCUT2D eigenvalue weighted by Gasteiger charge is -2.33. The van der Waals surface area contributed by atoms with Crippen molar-refractivity contribution in [2.75, 3.05) is 7.11 Å². The Bertz CT molecular complexity index is 656. The van der Waals surface area contributed by atoms with Crippen LogP contribution < -0.4 is 5.32 Å². The minimum absolute atomic E-state index is 0.0869. The average Bonchev–Trinajstić information content (AvgIpc) is 2.99. The van der Waals surface area contributed by atoms with Gasteiger partial charge in [0.25, 0.3) is 0 Å². The molecule has 2 aliphatic rings. The number of hydrogen-bond acceptors (Lipinski definition) is 5. The Labute approximate surface area is 122 Å². The zero-order valence-corrected chi connectivity index (χ0v) is 12.0. The van der Waals surface area contributed by atoms with Crippen molar-refractivity contribution in [1.82, 2.24) is 15.5 Å². The molecular formula is C15H17N3O3. The summed E-state index contributed by atoms with van der Waals surface area (Å²) in [6.07, 6.45) is 5.55. The van der Waals surface area contributed by atoms with E-state index in [2.05, 4.69) is 15.5 Å². The van der Waals surface area contributed by atoms with E-state index in [0.717, 1.165) is 29.8 Å². The van der Waals surface area contributed by atoms with Crippen LogP contribution in [0.1, 0.15) is 37.7 Å². The molecule has 6 nitrogen and oxygen atoms in total. The van der Waals surface area contributed by atoms with Crippen molar-refractivity contribution in [2.24, 2.45) is 0 Å². The quantitative estimate of drug-likeness (QED) is 0.806. The fourth-order valence-corrected chi connectivity index (χ4v) is 3.12. The first kappa shape index (κ1) is 13.6. The number of ketones is 1. The monoisotopic (exact) mass is 287 g/mol. The summed E-state index contributed by atoms with van der Waals surface area (Å²) in [5, 5.41) is 9.91. The largest absolute Gasteiger partial charge is 0.466 e. The summed E-state index contributed by atoms with van der Waals surface area (Å²) in [6, 6.07) is 0. The molecule has 1 aliphatic heterocycles. The first-order valence-corrected chi connectivity index (χ1v) is 6.94. The maximum absolute atomic E-state index is 12.4. The highest BCUT2D eigenvalue weighted by Crippen LogP contribution is 2.41. The summed E-state index contributed by atoms with van der Waals surface area (Å²) in [5.74, 6) is -0.736. The maximum Gasteiger partial charge on any atom is 0.336 e. The summed E-state index contributed by atoms with van der Waals surface area (Å²) in [6.45, 7) is 1.84. The van der Waals surface area contributed by atoms with E-state index in [0.29, 0.717) is 17.6 Å². The normalized spacial score (nSPS) is 22.0. The molecule has 0 spiro atoms. The number of nitrogens with one attached hydrogen (secondary N) is 2. The number of Topliss-reactive ketones (excluding diaryl/α,β-unsaturated/α-hetero) is 1. The topological polar surface area (TPSA) is 84.1 Å². The number of carbonyl (C=O) groups excluding carboxylic acids is 2. The van der Waals surface area contributed by atoms with E-state index in [1.807, 2.05) is 6.92 Å². The van der Waals surface area contributed by atoms with E-state index in [4.69, 9.17) is 4.74 Å². The number of nitrogens with zero attached hydrogens (tertiary/aromatic N) is 1. The van der Waals surface area contributed by atoms with Crippen LogP contribution >= 0.6 is 0 Å². The number of H-pyrrole nitrogens is 1. The van der Waals surface area contributed by atoms with Crippen molar-refractivity contribution < 1.29 is 14.3 Å². The van der Waals surface area contributed by atoms with Gasteiger partial charge in [-0.1, -0.05) is 0 Å². The van der Waals surface area contributed by atoms with Gasteiger partial charge in [0.2, 0.25) is 0 Å². The van der Waals surface area contributed by atoms with Gasteiger partial charge >= 0.3 is 5.97 Å². The minimum Gasteiger partial charge on any atom is -0.466 e. The third-order valence-electron chi connectivity index (χ3n) is 4.03. The molecule has 0 fully saturated rings. The second kappa shape index (κ2) is 5.20. The van der Waals surface area contributed by atoms with Crippen LogP contribution in [-0.2, 0) is 14.3 Å². The number of allylic oxidation sites excluding steroid dienone is 3. The molecule has 1 aromatic heterocycles. The van der Waals surface area contributed by atoms with Gasteiger partial charge in [0.05, 0.1) is 24.8 Å². The fourth-order valence-electron chi connectivity index (χ4n) is 3.12. The Balaban J connectivity index is 2.17. The van der Waals surface area contributed by atoms with Gasteiger partial charge in [-0.3, -0.25) is 9.89 Å². The number of esters is 1. The van der Waals surface area contributed by atoms with Crippen molar-refractivity contribution >= 4 is 11.8 Å². The minimum atomic E-state index is -0.420. The molecule has 1 unspecified atom stereocenters. The van der Waals surface area contributed by atoms with Crippen LogP contribution in [0.2, 0.25) is 0 Å². The van der Waals surface area contributed by atoms with Gasteiger partial charge < -0.3 is 10.1 Å². The van der Waals surface area contributed by atoms with Gasteiger partial charge in [-0.2, -0.15) is 5.10 Å². The first-order chi connectivity index (χ1) is 10.1. The second-order valence-electron chi connectivity index (χ2n) is 5.29. The zero-order valence-electron chi connectivity index (χ0n) is 12.0. The third kappa shape index (κ3) is 2.16. The molecule has 1 aliphatic carbocycles. The molecule has 0 aromatic carbocycles. The fraction of sp³-hybridized carbons (Fsp3) is 0.400. The summed E-state index contributed by atoms with van der Waals surface area (Å²) in [4.78, 5) is 24.6. The summed E-state index contributed by atoms with van der Waals surface area (Å²) in [7, 11) is 1.35. The van der Waals surface area contributed by atoms with E-state index >= 15 is 0 Å². The van der Waals surface area contributed by atoms with E-state index in [-0.39, 0.29) is 5.78 Å². The Kier molecular flexibility index (Phi) is 3.37. The molecule has 0 amide bonds. The lowest BCUT2D eigenvalue weighted by Crippen LogP contribution is -2.34. The maximum atomic E-state index is 12.4. The summed E-state index contributed by atoms with van der Waals surface area (Å²) in [5.41, 5.74) is 3.62. The number of hydrogen-bond donors (Lipinski definition) is 2. The highest BCUT2D eigenvalue weighted by Gasteiger charge is 2.39. The summed E-state index contributed by atoms with van der Waals surface area (Å²) < 4.78 is 4.90. The van der Waals surface area contributed by atoms with Crippen LogP contribution in [-0.4, -0.2) is 29.1 Å². The number of dihydropyridines is 1. The smallest absolute Gasteiger partial charge is 0.336 e. The number of rotatable bonds is 2. The molecule has 0 radical (unpaired) electrons. The van der Waals surface area contributed by atoms with Crippen LogP contribution in [0.15, 0.2) is 34.9 Å². The van der Waals surface area contributed by atoms with Crippen molar-refractivity contribution in [2.45, 2.75) is 32.1 Å². The van der Waals surface area contributed by atoms with Crippen LogP contribution in [0.3, 0.4) is 0 Å². The molecule has 1 atom stereocenters.